The third kappa shape index (κ3) is 3.34. The molecule has 0 radical (unpaired) electrons. The third-order valence-corrected chi connectivity index (χ3v) is 5.95. The molecule has 0 aliphatic carbocycles. The van der Waals surface area contributed by atoms with Gasteiger partial charge in [0.2, 0.25) is 0 Å². The van der Waals surface area contributed by atoms with Crippen molar-refractivity contribution in [1.82, 2.24) is 4.98 Å². The Morgan fingerprint density at radius 3 is 2.17 bits per heavy atom. The van der Waals surface area contributed by atoms with Crippen molar-refractivity contribution in [2.75, 3.05) is 16.9 Å². The van der Waals surface area contributed by atoms with Gasteiger partial charge in [-0.15, -0.1) is 0 Å². The van der Waals surface area contributed by atoms with Gasteiger partial charge in [0.05, 0.1) is 0 Å². The SMILES string of the molecule is c1ccc(-c2nc(NN=C3SCCS3)oc2-c2ccccc2)cc1. The molecule has 0 amide bonds. The topological polar surface area (TPSA) is 50.4 Å². The van der Waals surface area contributed by atoms with Gasteiger partial charge in [-0.2, -0.15) is 10.1 Å². The van der Waals surface area contributed by atoms with E-state index in [4.69, 9.17) is 4.42 Å². The van der Waals surface area contributed by atoms with E-state index in [1.165, 1.54) is 0 Å². The van der Waals surface area contributed by atoms with Crippen LogP contribution < -0.4 is 5.43 Å². The van der Waals surface area contributed by atoms with E-state index in [1.54, 1.807) is 23.5 Å². The molecule has 1 aromatic heterocycles. The van der Waals surface area contributed by atoms with Crippen LogP contribution in [-0.2, 0) is 0 Å². The van der Waals surface area contributed by atoms with Crippen molar-refractivity contribution in [2.45, 2.75) is 0 Å². The maximum absolute atomic E-state index is 5.97. The maximum Gasteiger partial charge on any atom is 0.316 e. The molecule has 1 N–H and O–H groups in total. The van der Waals surface area contributed by atoms with Crippen LogP contribution in [0.3, 0.4) is 0 Å². The van der Waals surface area contributed by atoms with Crippen LogP contribution in [0.1, 0.15) is 0 Å². The second-order valence-electron chi connectivity index (χ2n) is 5.12. The van der Waals surface area contributed by atoms with Crippen molar-refractivity contribution in [1.29, 1.82) is 0 Å². The van der Waals surface area contributed by atoms with Gasteiger partial charge < -0.3 is 4.42 Å². The van der Waals surface area contributed by atoms with Crippen LogP contribution in [-0.4, -0.2) is 20.9 Å². The molecule has 0 bridgehead atoms. The summed E-state index contributed by atoms with van der Waals surface area (Å²) in [6.45, 7) is 0. The van der Waals surface area contributed by atoms with Gasteiger partial charge in [0.1, 0.15) is 5.69 Å². The first-order valence-corrected chi connectivity index (χ1v) is 9.58. The van der Waals surface area contributed by atoms with E-state index in [0.29, 0.717) is 6.01 Å². The molecule has 1 saturated heterocycles. The summed E-state index contributed by atoms with van der Waals surface area (Å²) in [6, 6.07) is 20.5. The van der Waals surface area contributed by atoms with E-state index in [2.05, 4.69) is 15.5 Å². The monoisotopic (exact) mass is 353 g/mol. The van der Waals surface area contributed by atoms with Crippen molar-refractivity contribution in [3.63, 3.8) is 0 Å². The number of hydrogen-bond donors (Lipinski definition) is 1. The molecule has 3 aromatic rings. The average Bonchev–Trinajstić information content (AvgIpc) is 3.31. The maximum atomic E-state index is 5.97. The number of rotatable bonds is 4. The Morgan fingerprint density at radius 2 is 1.50 bits per heavy atom. The number of nitrogens with one attached hydrogen (secondary N) is 1. The van der Waals surface area contributed by atoms with Crippen LogP contribution >= 0.6 is 23.5 Å². The third-order valence-electron chi connectivity index (χ3n) is 3.49. The molecule has 1 fully saturated rings. The minimum absolute atomic E-state index is 0.410. The summed E-state index contributed by atoms with van der Waals surface area (Å²) in [5, 5.41) is 4.37. The van der Waals surface area contributed by atoms with Crippen LogP contribution in [0.25, 0.3) is 22.6 Å². The highest BCUT2D eigenvalue weighted by atomic mass is 32.2. The van der Waals surface area contributed by atoms with Crippen LogP contribution in [0.2, 0.25) is 0 Å². The zero-order chi connectivity index (χ0) is 16.2. The van der Waals surface area contributed by atoms with Gasteiger partial charge in [0.25, 0.3) is 0 Å². The summed E-state index contributed by atoms with van der Waals surface area (Å²) in [7, 11) is 0. The first-order valence-electron chi connectivity index (χ1n) is 7.61. The van der Waals surface area contributed by atoms with Gasteiger partial charge in [0, 0.05) is 22.6 Å². The lowest BCUT2D eigenvalue weighted by Gasteiger charge is -2.00. The molecule has 0 saturated carbocycles. The second kappa shape index (κ2) is 7.15. The Labute approximate surface area is 148 Å². The van der Waals surface area contributed by atoms with Crippen molar-refractivity contribution in [3.8, 4) is 22.6 Å². The fourth-order valence-electron chi connectivity index (χ4n) is 2.40. The number of thioether (sulfide) groups is 2. The number of nitrogens with zero attached hydrogens (tertiary/aromatic N) is 2. The van der Waals surface area contributed by atoms with Crippen LogP contribution in [0.4, 0.5) is 6.01 Å². The highest BCUT2D eigenvalue weighted by Crippen LogP contribution is 2.34. The summed E-state index contributed by atoms with van der Waals surface area (Å²) >= 11 is 3.49. The highest BCUT2D eigenvalue weighted by Gasteiger charge is 2.17. The first kappa shape index (κ1) is 15.4. The Bertz CT molecular complexity index is 782. The summed E-state index contributed by atoms with van der Waals surface area (Å²) in [6.07, 6.45) is 0. The Balaban J connectivity index is 1.72. The summed E-state index contributed by atoms with van der Waals surface area (Å²) in [4.78, 5) is 4.61. The molecule has 2 aromatic carbocycles. The summed E-state index contributed by atoms with van der Waals surface area (Å²) < 4.78 is 6.99. The molecule has 2 heterocycles. The Morgan fingerprint density at radius 1 is 0.875 bits per heavy atom. The number of anilines is 1. The van der Waals surface area contributed by atoms with Crippen LogP contribution in [0, 0.1) is 0 Å². The molecule has 4 rings (SSSR count). The summed E-state index contributed by atoms with van der Waals surface area (Å²) in [5.74, 6) is 2.94. The molecule has 0 atom stereocenters. The smallest absolute Gasteiger partial charge is 0.316 e. The van der Waals surface area contributed by atoms with Crippen molar-refractivity contribution in [3.05, 3.63) is 60.7 Å². The molecular weight excluding hydrogens is 338 g/mol. The van der Waals surface area contributed by atoms with Crippen LogP contribution in [0.15, 0.2) is 70.2 Å². The van der Waals surface area contributed by atoms with Gasteiger partial charge in [-0.1, -0.05) is 84.2 Å². The zero-order valence-corrected chi connectivity index (χ0v) is 14.4. The van der Waals surface area contributed by atoms with Crippen molar-refractivity contribution < 1.29 is 4.42 Å². The fraction of sp³-hybridized carbons (Fsp3) is 0.111. The molecule has 24 heavy (non-hydrogen) atoms. The Kier molecular flexibility index (Phi) is 4.57. The minimum atomic E-state index is 0.410. The predicted molar refractivity (Wildman–Crippen MR) is 103 cm³/mol. The first-order chi connectivity index (χ1) is 11.9. The van der Waals surface area contributed by atoms with Gasteiger partial charge in [-0.3, -0.25) is 0 Å². The van der Waals surface area contributed by atoms with Gasteiger partial charge in [0.15, 0.2) is 10.1 Å². The lowest BCUT2D eigenvalue weighted by Crippen LogP contribution is -1.91. The quantitative estimate of drug-likeness (QED) is 0.656. The zero-order valence-electron chi connectivity index (χ0n) is 12.8. The van der Waals surface area contributed by atoms with E-state index in [1.807, 2.05) is 60.7 Å². The molecule has 6 heteroatoms. The second-order valence-corrected chi connectivity index (χ2v) is 7.54. The van der Waals surface area contributed by atoms with Gasteiger partial charge in [-0.05, 0) is 0 Å². The largest absolute Gasteiger partial charge is 0.422 e. The number of hydrogen-bond acceptors (Lipinski definition) is 6. The lowest BCUT2D eigenvalue weighted by molar-refractivity contribution is 0.587. The molecule has 0 unspecified atom stereocenters. The van der Waals surface area contributed by atoms with E-state index < -0.39 is 0 Å². The van der Waals surface area contributed by atoms with E-state index in [-0.39, 0.29) is 0 Å². The standard InChI is InChI=1S/C18H15N3OS2/c1-3-7-13(8-4-1)15-16(14-9-5-2-6-10-14)22-17(19-15)20-21-18-23-11-12-24-18/h1-10H,11-12H2,(H,19,20). The molecule has 1 aliphatic rings. The van der Waals surface area contributed by atoms with E-state index in [0.717, 1.165) is 38.5 Å². The van der Waals surface area contributed by atoms with Crippen molar-refractivity contribution in [2.24, 2.45) is 5.10 Å². The molecular formula is C18H15N3OS2. The number of hydrazone groups is 1. The average molecular weight is 353 g/mol. The summed E-state index contributed by atoms with van der Waals surface area (Å²) in [5.41, 5.74) is 5.78. The number of benzene rings is 2. The molecule has 1 aliphatic heterocycles. The highest BCUT2D eigenvalue weighted by molar-refractivity contribution is 8.41. The van der Waals surface area contributed by atoms with Crippen molar-refractivity contribution >= 4 is 33.9 Å². The minimum Gasteiger partial charge on any atom is -0.422 e. The molecule has 4 nitrogen and oxygen atoms in total. The van der Waals surface area contributed by atoms with Crippen LogP contribution in [0.5, 0.6) is 0 Å². The molecule has 0 spiro atoms. The van der Waals surface area contributed by atoms with E-state index >= 15 is 0 Å². The number of aromatic nitrogens is 1. The normalized spacial score (nSPS) is 13.9. The van der Waals surface area contributed by atoms with E-state index in [9.17, 15) is 0 Å². The van der Waals surface area contributed by atoms with Gasteiger partial charge >= 0.3 is 6.01 Å². The number of oxazole rings is 1. The lowest BCUT2D eigenvalue weighted by atomic mass is 10.1. The van der Waals surface area contributed by atoms with Gasteiger partial charge in [-0.25, -0.2) is 5.43 Å². The Hall–Kier alpha value is -2.18. The molecule has 120 valence electrons. The predicted octanol–water partition coefficient (Wildman–Crippen LogP) is 5.17. The fourth-order valence-corrected chi connectivity index (χ4v) is 4.47.